The number of nitrogens with zero attached hydrogens (tertiary/aromatic N) is 5. The van der Waals surface area contributed by atoms with Gasteiger partial charge in [0.05, 0.1) is 54.4 Å². The van der Waals surface area contributed by atoms with Gasteiger partial charge in [-0.15, -0.1) is 4.33 Å². The lowest BCUT2D eigenvalue weighted by Crippen LogP contribution is -2.48. The number of likely N-dealkylation sites (N-methyl/N-ethyl adjacent to an activating group) is 1. The van der Waals surface area contributed by atoms with Crippen molar-refractivity contribution in [2.24, 2.45) is 0 Å². The molecule has 3 unspecified atom stereocenters. The molecule has 8 rings (SSSR count). The number of hydrogen-bond acceptors (Lipinski definition) is 29. The Kier molecular flexibility index (Phi) is 31.0. The van der Waals surface area contributed by atoms with Gasteiger partial charge in [-0.2, -0.15) is 26.6 Å². The average molecular weight is 1690 g/mol. The standard InChI is InChI=1S/C62H83N9O30P4S4/c1-6-68-45-21-19-39(108-99-98-79)29-41(45)61(2,3)51(68)16-9-7-10-17-52-62(4,5)42-30-40(109(90,91)92)20-22-46(42)69(52)25-12-8-11-18-54(74)65-44(58(76)64-24-13-15-38-34-71(55(75)31-43(38)63)57-33-48(73)49(97-57)35-94-102(80,81)82)37-107-106-28-14-27-93-60(78)67-53-23-26-70(59(77)66-53)56-32-47(72)50(96-56)36-95-104(86,87)101-105(88,89)100-103(83,84)85/h7,9-10,13,15-17,19-23,26,29-31,34,44,47-50,56-57,72-73H,6,8,11-12,14,18,24-25,27-28,32-33,35-37H2,1-5H3,(H12-,63,64,65,66,67,74,75,76,77,78,79,80,81,82,83,84,85,86,87,88,89,90,91,92)/p+1/t44?,47-,48-,49-,50-,56-,57-/m1/s1. The number of phosphoric ester groups is 2. The van der Waals surface area contributed by atoms with E-state index in [1.54, 1.807) is 6.07 Å². The van der Waals surface area contributed by atoms with E-state index in [0.717, 1.165) is 66.7 Å². The molecule has 109 heavy (non-hydrogen) atoms. The fraction of sp³-hybridized carbons (Fsp3) is 0.468. The summed E-state index contributed by atoms with van der Waals surface area (Å²) in [5, 5.41) is 41.4. The molecule has 2 aromatic heterocycles. The highest BCUT2D eigenvalue weighted by atomic mass is 33.1. The lowest BCUT2D eigenvalue weighted by atomic mass is 9.81. The molecule has 0 bridgehead atoms. The summed E-state index contributed by atoms with van der Waals surface area (Å²) in [7, 11) is -24.0. The maximum atomic E-state index is 13.9. The number of hydrogen-bond donors (Lipinski definition) is 14. The van der Waals surface area contributed by atoms with E-state index in [1.165, 1.54) is 58.1 Å². The molecule has 6 heterocycles. The molecule has 0 saturated carbocycles. The largest absolute Gasteiger partial charge is 0.490 e. The van der Waals surface area contributed by atoms with Gasteiger partial charge in [0.2, 0.25) is 17.5 Å². The highest BCUT2D eigenvalue weighted by Crippen LogP contribution is 2.66. The summed E-state index contributed by atoms with van der Waals surface area (Å²) in [5.41, 5.74) is 9.14. The molecular formula is C62H84N9O30P4S4+. The van der Waals surface area contributed by atoms with E-state index in [-0.39, 0.29) is 61.0 Å². The average Bonchev–Trinajstić information content (AvgIpc) is 1.59. The van der Waals surface area contributed by atoms with Gasteiger partial charge in [-0.1, -0.05) is 70.9 Å². The van der Waals surface area contributed by atoms with E-state index in [1.807, 2.05) is 62.4 Å². The van der Waals surface area contributed by atoms with E-state index in [9.17, 15) is 75.2 Å². The predicted molar refractivity (Wildman–Crippen MR) is 396 cm³/mol. The van der Waals surface area contributed by atoms with Crippen LogP contribution >= 0.6 is 64.9 Å². The highest BCUT2D eigenvalue weighted by molar-refractivity contribution is 8.76. The number of rotatable bonds is 39. The number of carbonyl (C=O) groups is 3. The number of fused-ring (bicyclic) bond motifs is 2. The van der Waals surface area contributed by atoms with E-state index in [2.05, 4.69) is 78.2 Å². The normalized spacial score (nSPS) is 21.6. The second-order valence-corrected chi connectivity index (χ2v) is 36.1. The summed E-state index contributed by atoms with van der Waals surface area (Å²) in [4.78, 5) is 128. The van der Waals surface area contributed by atoms with Crippen molar-refractivity contribution in [3.8, 4) is 0 Å². The third kappa shape index (κ3) is 25.0. The molecule has 600 valence electrons. The van der Waals surface area contributed by atoms with Crippen molar-refractivity contribution in [2.75, 3.05) is 66.9 Å². The second-order valence-electron chi connectivity index (χ2n) is 25.7. The Morgan fingerprint density at radius 1 is 0.817 bits per heavy atom. The van der Waals surface area contributed by atoms with Crippen LogP contribution in [0.3, 0.4) is 0 Å². The zero-order valence-corrected chi connectivity index (χ0v) is 65.7. The van der Waals surface area contributed by atoms with E-state index < -0.39 is 138 Å². The molecule has 2 fully saturated rings. The highest BCUT2D eigenvalue weighted by Gasteiger charge is 2.47. The van der Waals surface area contributed by atoms with Crippen LogP contribution in [-0.4, -0.2) is 182 Å². The molecule has 39 nitrogen and oxygen atoms in total. The maximum Gasteiger partial charge on any atom is 0.490 e. The Balaban J connectivity index is 0.865. The van der Waals surface area contributed by atoms with Crippen LogP contribution in [0.2, 0.25) is 0 Å². The van der Waals surface area contributed by atoms with Crippen LogP contribution in [0, 0.1) is 0 Å². The Bertz CT molecular complexity index is 4590. The minimum Gasteiger partial charge on any atom is -0.449 e. The number of unbranched alkanes of at least 4 members (excludes halogenated alkanes) is 2. The molecule has 3 amide bonds. The molecule has 9 atom stereocenters. The van der Waals surface area contributed by atoms with Crippen molar-refractivity contribution < 1.29 is 136 Å². The zero-order chi connectivity index (χ0) is 80.0. The number of nitrogen functional groups attached to an aromatic ring is 1. The molecule has 4 aliphatic rings. The first kappa shape index (κ1) is 88.5. The van der Waals surface area contributed by atoms with Gasteiger partial charge in [0.25, 0.3) is 15.7 Å². The van der Waals surface area contributed by atoms with Crippen molar-refractivity contribution in [2.45, 2.75) is 143 Å². The van der Waals surface area contributed by atoms with Crippen molar-refractivity contribution in [3.05, 3.63) is 141 Å². The molecule has 4 aromatic rings. The smallest absolute Gasteiger partial charge is 0.449 e. The van der Waals surface area contributed by atoms with Gasteiger partial charge in [0, 0.05) is 119 Å². The number of aliphatic hydroxyl groups excluding tert-OH is 2. The van der Waals surface area contributed by atoms with Gasteiger partial charge in [-0.25, -0.2) is 33.1 Å². The maximum absolute atomic E-state index is 13.9. The number of nitrogens with one attached hydrogen (secondary N) is 3. The number of benzene rings is 2. The molecule has 15 N–H and O–H groups in total. The number of aromatic nitrogens is 3. The van der Waals surface area contributed by atoms with Crippen LogP contribution in [0.15, 0.2) is 122 Å². The van der Waals surface area contributed by atoms with Crippen molar-refractivity contribution in [1.29, 1.82) is 0 Å². The zero-order valence-electron chi connectivity index (χ0n) is 58.8. The number of pyridine rings is 1. The SMILES string of the molecule is CCN1C(=CC=CC=CC2=[N+](CCCCCC(=O)NC(CSSCCCOC(=O)Nc3ccn([C@H]4C[C@@H](O)[C@@H](COP(=O)(O)OP(=O)(O)OP(=O)(O)O)O4)c(=O)n3)C(=O)NCC=Cc3cn([C@H]4C[C@@H](O)[C@@H](COP(=O)(O)O)O4)c(=O)cc3N)c3ccc(S(=O)(=O)O)cc3C2(C)C)C(C)(C)c2cc(SOOO)ccc21. The van der Waals surface area contributed by atoms with Crippen LogP contribution in [0.1, 0.15) is 109 Å². The number of aliphatic hydroxyl groups is 2. The number of ether oxygens (including phenoxy) is 3. The third-order valence-corrected chi connectivity index (χ3v) is 25.5. The van der Waals surface area contributed by atoms with Crippen LogP contribution in [0.25, 0.3) is 6.08 Å². The Morgan fingerprint density at radius 2 is 1.51 bits per heavy atom. The fourth-order valence-corrected chi connectivity index (χ4v) is 18.6. The lowest BCUT2D eigenvalue weighted by molar-refractivity contribution is -0.438. The second kappa shape index (κ2) is 38.2. The Hall–Kier alpha value is -6.09. The number of phosphoric acid groups is 4. The first-order valence-corrected chi connectivity index (χ1v) is 43.9. The van der Waals surface area contributed by atoms with Crippen molar-refractivity contribution in [1.82, 2.24) is 24.8 Å². The molecule has 0 aliphatic carbocycles. The van der Waals surface area contributed by atoms with E-state index >= 15 is 0 Å². The van der Waals surface area contributed by atoms with Crippen molar-refractivity contribution in [3.63, 3.8) is 0 Å². The van der Waals surface area contributed by atoms with Crippen molar-refractivity contribution >= 4 is 128 Å². The number of nitrogens with two attached hydrogens (primary N) is 1. The summed E-state index contributed by atoms with van der Waals surface area (Å²) in [6.07, 6.45) is 7.93. The summed E-state index contributed by atoms with van der Waals surface area (Å²) in [6.45, 7) is 9.44. The molecular weight excluding hydrogens is 1600 g/mol. The summed E-state index contributed by atoms with van der Waals surface area (Å²) in [5.74, 6) is -0.857. The first-order chi connectivity index (χ1) is 51.1. The summed E-state index contributed by atoms with van der Waals surface area (Å²) < 4.78 is 122. The van der Waals surface area contributed by atoms with Gasteiger partial charge in [-0.05, 0) is 88.1 Å². The molecule has 2 saturated heterocycles. The molecule has 0 radical (unpaired) electrons. The van der Waals surface area contributed by atoms with Gasteiger partial charge >= 0.3 is 43.1 Å². The quantitative estimate of drug-likeness (QED) is 0.00261. The topological polar surface area (TPSA) is 564 Å². The monoisotopic (exact) mass is 1690 g/mol. The van der Waals surface area contributed by atoms with Gasteiger partial charge in [0.15, 0.2) is 5.71 Å². The van der Waals surface area contributed by atoms with Gasteiger partial charge in [0.1, 0.15) is 43.1 Å². The minimum atomic E-state index is -5.83. The lowest BCUT2D eigenvalue weighted by Gasteiger charge is -2.25. The van der Waals surface area contributed by atoms with Gasteiger partial charge < -0.3 is 75.1 Å². The summed E-state index contributed by atoms with van der Waals surface area (Å²) >= 11 is 0.878. The van der Waals surface area contributed by atoms with E-state index in [4.69, 9.17) is 44.8 Å². The van der Waals surface area contributed by atoms with Crippen LogP contribution in [-0.2, 0) is 90.0 Å². The predicted octanol–water partition coefficient (Wildman–Crippen LogP) is 6.50. The molecule has 47 heteroatoms. The Labute approximate surface area is 635 Å². The van der Waals surface area contributed by atoms with E-state index in [0.29, 0.717) is 49.2 Å². The van der Waals surface area contributed by atoms with Crippen LogP contribution < -0.4 is 37.8 Å². The number of amides is 3. The number of allylic oxidation sites excluding steroid dienone is 6. The molecule has 0 spiro atoms. The number of carbonyl (C=O) groups excluding carboxylic acids is 3. The minimum absolute atomic E-state index is 0.0159. The molecule has 4 aliphatic heterocycles. The Morgan fingerprint density at radius 3 is 2.17 bits per heavy atom. The summed E-state index contributed by atoms with van der Waals surface area (Å²) in [6, 6.07) is 11.5. The molecule has 2 aromatic carbocycles. The fourth-order valence-electron chi connectivity index (χ4n) is 12.1. The first-order valence-electron chi connectivity index (χ1n) is 33.2. The number of anilines is 3. The van der Waals surface area contributed by atoms with Gasteiger partial charge in [-0.3, -0.25) is 42.4 Å². The van der Waals surface area contributed by atoms with Crippen LogP contribution in [0.4, 0.5) is 27.7 Å². The van der Waals surface area contributed by atoms with Crippen LogP contribution in [0.5, 0.6) is 0 Å². The third-order valence-electron chi connectivity index (χ3n) is 17.2.